The van der Waals surface area contributed by atoms with E-state index in [1.165, 1.54) is 14.2 Å². The quantitative estimate of drug-likeness (QED) is 0.776. The number of carbonyl (C=O) groups excluding carboxylic acids is 1. The third kappa shape index (κ3) is 5.60. The average molecular weight is 361 g/mol. The molecule has 1 aromatic carbocycles. The molecule has 8 heteroatoms. The summed E-state index contributed by atoms with van der Waals surface area (Å²) >= 11 is 3.31. The standard InChI is InChI=1S/C13H17BrN2O5/c1-20-6-5-16(8-12(17)18)13(19)15-9-3-4-11(21-2)10(14)7-9/h3-4,7H,5-6,8H2,1-2H3,(H,15,19)(H,17,18). The molecule has 1 rings (SSSR count). The van der Waals surface area contributed by atoms with E-state index in [9.17, 15) is 9.59 Å². The number of methoxy groups -OCH3 is 2. The van der Waals surface area contributed by atoms with Gasteiger partial charge in [-0.05, 0) is 34.1 Å². The van der Waals surface area contributed by atoms with Gasteiger partial charge >= 0.3 is 12.0 Å². The molecule has 2 N–H and O–H groups in total. The lowest BCUT2D eigenvalue weighted by Crippen LogP contribution is -2.40. The molecule has 0 heterocycles. The number of ether oxygens (including phenoxy) is 2. The first-order valence-electron chi connectivity index (χ1n) is 6.08. The molecule has 0 unspecified atom stereocenters. The van der Waals surface area contributed by atoms with E-state index in [-0.39, 0.29) is 13.2 Å². The molecule has 7 nitrogen and oxygen atoms in total. The Kier molecular flexibility index (Phi) is 6.97. The minimum Gasteiger partial charge on any atom is -0.496 e. The molecule has 0 fully saturated rings. The van der Waals surface area contributed by atoms with Gasteiger partial charge in [-0.3, -0.25) is 4.79 Å². The second-order valence-electron chi connectivity index (χ2n) is 4.09. The molecule has 21 heavy (non-hydrogen) atoms. The first-order chi connectivity index (χ1) is 9.97. The number of aliphatic carboxylic acids is 1. The van der Waals surface area contributed by atoms with Crippen molar-refractivity contribution in [2.45, 2.75) is 0 Å². The van der Waals surface area contributed by atoms with Crippen molar-refractivity contribution in [1.82, 2.24) is 4.90 Å². The molecular weight excluding hydrogens is 344 g/mol. The number of urea groups is 1. The lowest BCUT2D eigenvalue weighted by Gasteiger charge is -2.21. The second kappa shape index (κ2) is 8.48. The Balaban J connectivity index is 2.75. The molecule has 0 aliphatic heterocycles. The van der Waals surface area contributed by atoms with Crippen molar-refractivity contribution in [3.05, 3.63) is 22.7 Å². The highest BCUT2D eigenvalue weighted by molar-refractivity contribution is 9.10. The third-order valence-electron chi connectivity index (χ3n) is 2.58. The molecule has 2 amide bonds. The number of carboxylic acids is 1. The number of carbonyl (C=O) groups is 2. The monoisotopic (exact) mass is 360 g/mol. The first-order valence-corrected chi connectivity index (χ1v) is 6.87. The van der Waals surface area contributed by atoms with Gasteiger partial charge in [0.05, 0.1) is 18.2 Å². The fourth-order valence-electron chi connectivity index (χ4n) is 1.56. The van der Waals surface area contributed by atoms with Crippen molar-refractivity contribution in [2.75, 3.05) is 39.2 Å². The normalized spacial score (nSPS) is 10.0. The molecule has 0 spiro atoms. The number of carboxylic acid groups (broad SMARTS) is 1. The van der Waals surface area contributed by atoms with E-state index in [0.29, 0.717) is 15.9 Å². The van der Waals surface area contributed by atoms with E-state index >= 15 is 0 Å². The van der Waals surface area contributed by atoms with Gasteiger partial charge in [0.1, 0.15) is 12.3 Å². The van der Waals surface area contributed by atoms with Crippen LogP contribution in [0, 0.1) is 0 Å². The summed E-state index contributed by atoms with van der Waals surface area (Å²) in [6, 6.07) is 4.52. The summed E-state index contributed by atoms with van der Waals surface area (Å²) in [4.78, 5) is 24.0. The highest BCUT2D eigenvalue weighted by Crippen LogP contribution is 2.27. The largest absolute Gasteiger partial charge is 0.496 e. The zero-order valence-corrected chi connectivity index (χ0v) is 13.3. The van der Waals surface area contributed by atoms with Crippen molar-refractivity contribution in [2.24, 2.45) is 0 Å². The summed E-state index contributed by atoms with van der Waals surface area (Å²) in [5, 5.41) is 11.5. The molecule has 1 aromatic rings. The van der Waals surface area contributed by atoms with Crippen LogP contribution in [0.5, 0.6) is 5.75 Å². The molecule has 0 radical (unpaired) electrons. The number of hydrogen-bond donors (Lipinski definition) is 2. The fourth-order valence-corrected chi connectivity index (χ4v) is 2.10. The van der Waals surface area contributed by atoms with Gasteiger partial charge in [-0.1, -0.05) is 0 Å². The van der Waals surface area contributed by atoms with Gasteiger partial charge < -0.3 is 24.8 Å². The smallest absolute Gasteiger partial charge is 0.323 e. The van der Waals surface area contributed by atoms with Crippen LogP contribution in [0.2, 0.25) is 0 Å². The molecule has 0 aromatic heterocycles. The Hall–Kier alpha value is -1.80. The number of benzene rings is 1. The van der Waals surface area contributed by atoms with Gasteiger partial charge in [0.2, 0.25) is 0 Å². The predicted octanol–water partition coefficient (Wildman–Crippen LogP) is 2.02. The molecule has 0 aliphatic rings. The number of nitrogens with one attached hydrogen (secondary N) is 1. The van der Waals surface area contributed by atoms with Crippen molar-refractivity contribution in [1.29, 1.82) is 0 Å². The zero-order valence-electron chi connectivity index (χ0n) is 11.8. The predicted molar refractivity (Wildman–Crippen MR) is 80.8 cm³/mol. The van der Waals surface area contributed by atoms with Gasteiger partial charge in [0.25, 0.3) is 0 Å². The van der Waals surface area contributed by atoms with Crippen LogP contribution in [0.25, 0.3) is 0 Å². The van der Waals surface area contributed by atoms with Gasteiger partial charge in [0.15, 0.2) is 0 Å². The van der Waals surface area contributed by atoms with E-state index in [1.807, 2.05) is 0 Å². The summed E-state index contributed by atoms with van der Waals surface area (Å²) in [7, 11) is 3.02. The van der Waals surface area contributed by atoms with E-state index in [2.05, 4.69) is 21.2 Å². The zero-order chi connectivity index (χ0) is 15.8. The van der Waals surface area contributed by atoms with Crippen LogP contribution < -0.4 is 10.1 Å². The summed E-state index contributed by atoms with van der Waals surface area (Å²) < 4.78 is 10.6. The van der Waals surface area contributed by atoms with Gasteiger partial charge in [-0.15, -0.1) is 0 Å². The summed E-state index contributed by atoms with van der Waals surface area (Å²) in [5.41, 5.74) is 0.528. The minimum atomic E-state index is -1.09. The number of anilines is 1. The second-order valence-corrected chi connectivity index (χ2v) is 4.94. The highest BCUT2D eigenvalue weighted by atomic mass is 79.9. The number of rotatable bonds is 7. The summed E-state index contributed by atoms with van der Waals surface area (Å²) in [5.74, 6) is -0.452. The molecule has 116 valence electrons. The van der Waals surface area contributed by atoms with E-state index in [4.69, 9.17) is 14.6 Å². The molecule has 0 aliphatic carbocycles. The van der Waals surface area contributed by atoms with E-state index in [1.54, 1.807) is 18.2 Å². The number of nitrogens with zero attached hydrogens (tertiary/aromatic N) is 1. The van der Waals surface area contributed by atoms with Gasteiger partial charge in [-0.2, -0.15) is 0 Å². The fraction of sp³-hybridized carbons (Fsp3) is 0.385. The van der Waals surface area contributed by atoms with Crippen LogP contribution in [0.15, 0.2) is 22.7 Å². The van der Waals surface area contributed by atoms with Crippen LogP contribution in [0.1, 0.15) is 0 Å². The SMILES string of the molecule is COCCN(CC(=O)O)C(=O)Nc1ccc(OC)c(Br)c1. The van der Waals surface area contributed by atoms with E-state index in [0.717, 1.165) is 4.90 Å². The highest BCUT2D eigenvalue weighted by Gasteiger charge is 2.17. The van der Waals surface area contributed by atoms with Gasteiger partial charge in [0, 0.05) is 19.3 Å². The maximum absolute atomic E-state index is 12.1. The Morgan fingerprint density at radius 2 is 2.10 bits per heavy atom. The van der Waals surface area contributed by atoms with Crippen LogP contribution in [0.4, 0.5) is 10.5 Å². The number of amides is 2. The topological polar surface area (TPSA) is 88.1 Å². The lowest BCUT2D eigenvalue weighted by molar-refractivity contribution is -0.137. The van der Waals surface area contributed by atoms with Crippen molar-refractivity contribution in [3.63, 3.8) is 0 Å². The van der Waals surface area contributed by atoms with Crippen molar-refractivity contribution < 1.29 is 24.2 Å². The lowest BCUT2D eigenvalue weighted by atomic mass is 10.3. The first kappa shape index (κ1) is 17.3. The number of halogens is 1. The van der Waals surface area contributed by atoms with Crippen LogP contribution in [-0.4, -0.2) is 55.9 Å². The maximum atomic E-state index is 12.1. The summed E-state index contributed by atoms with van der Waals surface area (Å²) in [6.07, 6.45) is 0. The molecular formula is C13H17BrN2O5. The molecule has 0 saturated heterocycles. The summed E-state index contributed by atoms with van der Waals surface area (Å²) in [6.45, 7) is 0.0471. The molecule has 0 saturated carbocycles. The molecule has 0 atom stereocenters. The average Bonchev–Trinajstić information content (AvgIpc) is 2.43. The Labute approximate surface area is 131 Å². The van der Waals surface area contributed by atoms with Gasteiger partial charge in [-0.25, -0.2) is 4.79 Å². The number of hydrogen-bond acceptors (Lipinski definition) is 4. The third-order valence-corrected chi connectivity index (χ3v) is 3.20. The van der Waals surface area contributed by atoms with Crippen LogP contribution in [-0.2, 0) is 9.53 Å². The maximum Gasteiger partial charge on any atom is 0.323 e. The minimum absolute atomic E-state index is 0.186. The van der Waals surface area contributed by atoms with Crippen LogP contribution >= 0.6 is 15.9 Å². The van der Waals surface area contributed by atoms with Crippen LogP contribution in [0.3, 0.4) is 0 Å². The Morgan fingerprint density at radius 3 is 2.62 bits per heavy atom. The van der Waals surface area contributed by atoms with Crippen molar-refractivity contribution in [3.8, 4) is 5.75 Å². The van der Waals surface area contributed by atoms with E-state index < -0.39 is 18.5 Å². The Morgan fingerprint density at radius 1 is 1.38 bits per heavy atom. The van der Waals surface area contributed by atoms with Crippen molar-refractivity contribution >= 4 is 33.6 Å². The molecule has 0 bridgehead atoms. The Bertz CT molecular complexity index is 509.